The molecule has 0 saturated heterocycles. The van der Waals surface area contributed by atoms with E-state index in [4.69, 9.17) is 11.5 Å². The number of hydrogen-bond donors (Lipinski definition) is 7. The van der Waals surface area contributed by atoms with Gasteiger partial charge in [0.2, 0.25) is 23.6 Å². The lowest BCUT2D eigenvalue weighted by atomic mass is 10.0. The molecule has 9 N–H and O–H groups in total. The Hall–Kier alpha value is -3.51. The number of hydrogen-bond acceptors (Lipinski definition) is 7. The first-order chi connectivity index (χ1) is 17.5. The van der Waals surface area contributed by atoms with Crippen LogP contribution in [0.4, 0.5) is 0 Å². The Morgan fingerprint density at radius 1 is 0.865 bits per heavy atom. The maximum atomic E-state index is 12.8. The maximum Gasteiger partial charge on any atom is 0.326 e. The predicted octanol–water partition coefficient (Wildman–Crippen LogP) is -0.983. The van der Waals surface area contributed by atoms with Crippen LogP contribution in [0.25, 0.3) is 0 Å². The van der Waals surface area contributed by atoms with Gasteiger partial charge < -0.3 is 37.8 Å². The maximum absolute atomic E-state index is 12.8. The molecule has 1 rings (SSSR count). The Kier molecular flexibility index (Phi) is 13.9. The molecule has 0 bridgehead atoms. The number of carboxylic acid groups (broad SMARTS) is 1. The third-order valence-corrected chi connectivity index (χ3v) is 5.69. The lowest BCUT2D eigenvalue weighted by Gasteiger charge is -2.23. The summed E-state index contributed by atoms with van der Waals surface area (Å²) >= 11 is 0. The summed E-state index contributed by atoms with van der Waals surface area (Å²) in [7, 11) is 0. The summed E-state index contributed by atoms with van der Waals surface area (Å²) in [4.78, 5) is 61.4. The molecule has 0 spiro atoms. The van der Waals surface area contributed by atoms with E-state index in [2.05, 4.69) is 21.3 Å². The van der Waals surface area contributed by atoms with E-state index in [0.29, 0.717) is 25.8 Å². The molecule has 0 aliphatic heterocycles. The second kappa shape index (κ2) is 16.3. The number of unbranched alkanes of at least 4 members (excludes halogenated alkanes) is 1. The van der Waals surface area contributed by atoms with Crippen LogP contribution in [-0.4, -0.2) is 72.0 Å². The van der Waals surface area contributed by atoms with Crippen LogP contribution < -0.4 is 32.7 Å². The van der Waals surface area contributed by atoms with Gasteiger partial charge in [-0.2, -0.15) is 0 Å². The topological polar surface area (TPSA) is 206 Å². The number of rotatable bonds is 16. The van der Waals surface area contributed by atoms with Crippen LogP contribution in [0.3, 0.4) is 0 Å². The molecule has 0 aliphatic rings. The highest BCUT2D eigenvalue weighted by Gasteiger charge is 2.27. The summed E-state index contributed by atoms with van der Waals surface area (Å²) in [5.41, 5.74) is 12.1. The van der Waals surface area contributed by atoms with Crippen molar-refractivity contribution in [1.29, 1.82) is 0 Å². The van der Waals surface area contributed by atoms with Gasteiger partial charge in [0, 0.05) is 6.42 Å². The minimum atomic E-state index is -1.20. The Balaban J connectivity index is 2.64. The molecule has 206 valence electrons. The standard InChI is InChI=1S/C25H40N6O6/c1-15(2)21(27)24(35)31-18(11-7-8-12-26)23(34)29-16(3)22(33)28-14-20(32)30-19(25(36)37)13-17-9-5-4-6-10-17/h4-6,9-10,15-16,18-19,21H,7-8,11-14,26-27H2,1-3H3,(H,28,33)(H,29,34)(H,30,32)(H,31,35)(H,36,37)/t16-,18-,19-,21-/m0/s1. The zero-order valence-corrected chi connectivity index (χ0v) is 21.7. The van der Waals surface area contributed by atoms with Gasteiger partial charge in [-0.1, -0.05) is 44.2 Å². The monoisotopic (exact) mass is 520 g/mol. The van der Waals surface area contributed by atoms with Crippen molar-refractivity contribution < 1.29 is 29.1 Å². The molecule has 0 fully saturated rings. The molecule has 0 radical (unpaired) electrons. The number of nitrogens with two attached hydrogens (primary N) is 2. The molecular weight excluding hydrogens is 480 g/mol. The van der Waals surface area contributed by atoms with E-state index in [0.717, 1.165) is 5.56 Å². The van der Waals surface area contributed by atoms with Crippen LogP contribution in [0.2, 0.25) is 0 Å². The van der Waals surface area contributed by atoms with Gasteiger partial charge in [-0.25, -0.2) is 4.79 Å². The molecule has 0 aromatic heterocycles. The molecule has 0 saturated carbocycles. The van der Waals surface area contributed by atoms with Crippen molar-refractivity contribution in [2.75, 3.05) is 13.1 Å². The summed E-state index contributed by atoms with van der Waals surface area (Å²) in [5.74, 6) is -3.71. The largest absolute Gasteiger partial charge is 0.480 e. The van der Waals surface area contributed by atoms with E-state index < -0.39 is 60.3 Å². The van der Waals surface area contributed by atoms with E-state index in [1.165, 1.54) is 6.92 Å². The molecule has 0 aliphatic carbocycles. The Bertz CT molecular complexity index is 910. The Morgan fingerprint density at radius 3 is 2.08 bits per heavy atom. The second-order valence-corrected chi connectivity index (χ2v) is 9.21. The summed E-state index contributed by atoms with van der Waals surface area (Å²) in [5, 5.41) is 19.3. The van der Waals surface area contributed by atoms with E-state index in [1.54, 1.807) is 44.2 Å². The van der Waals surface area contributed by atoms with Crippen LogP contribution in [0.5, 0.6) is 0 Å². The predicted molar refractivity (Wildman–Crippen MR) is 138 cm³/mol. The zero-order chi connectivity index (χ0) is 28.0. The van der Waals surface area contributed by atoms with Crippen molar-refractivity contribution in [2.24, 2.45) is 17.4 Å². The van der Waals surface area contributed by atoms with Crippen molar-refractivity contribution in [2.45, 2.75) is 70.6 Å². The average molecular weight is 521 g/mol. The normalized spacial score (nSPS) is 14.1. The number of benzene rings is 1. The number of aliphatic carboxylic acids is 1. The van der Waals surface area contributed by atoms with Crippen molar-refractivity contribution >= 4 is 29.6 Å². The van der Waals surface area contributed by atoms with Gasteiger partial charge in [-0.3, -0.25) is 19.2 Å². The molecule has 37 heavy (non-hydrogen) atoms. The summed E-state index contributed by atoms with van der Waals surface area (Å²) in [6.45, 7) is 4.97. The van der Waals surface area contributed by atoms with Crippen molar-refractivity contribution in [3.05, 3.63) is 35.9 Å². The first-order valence-corrected chi connectivity index (χ1v) is 12.4. The highest BCUT2D eigenvalue weighted by atomic mass is 16.4. The van der Waals surface area contributed by atoms with Gasteiger partial charge in [0.25, 0.3) is 0 Å². The molecule has 0 unspecified atom stereocenters. The van der Waals surface area contributed by atoms with Crippen LogP contribution in [0, 0.1) is 5.92 Å². The lowest BCUT2D eigenvalue weighted by molar-refractivity contribution is -0.141. The molecule has 4 amide bonds. The molecule has 12 heteroatoms. The zero-order valence-electron chi connectivity index (χ0n) is 21.7. The third-order valence-electron chi connectivity index (χ3n) is 5.69. The van der Waals surface area contributed by atoms with E-state index in [-0.39, 0.29) is 12.3 Å². The summed E-state index contributed by atoms with van der Waals surface area (Å²) in [6, 6.07) is 4.93. The van der Waals surface area contributed by atoms with Crippen molar-refractivity contribution in [3.8, 4) is 0 Å². The second-order valence-electron chi connectivity index (χ2n) is 9.21. The third kappa shape index (κ3) is 11.8. The van der Waals surface area contributed by atoms with Gasteiger partial charge in [0.15, 0.2) is 0 Å². The molecule has 0 heterocycles. The first kappa shape index (κ1) is 31.5. The number of amides is 4. The number of nitrogens with one attached hydrogen (secondary N) is 4. The van der Waals surface area contributed by atoms with E-state index in [9.17, 15) is 29.1 Å². The van der Waals surface area contributed by atoms with Gasteiger partial charge >= 0.3 is 5.97 Å². The molecule has 12 nitrogen and oxygen atoms in total. The van der Waals surface area contributed by atoms with E-state index in [1.807, 2.05) is 0 Å². The van der Waals surface area contributed by atoms with Gasteiger partial charge in [-0.05, 0) is 44.2 Å². The lowest BCUT2D eigenvalue weighted by Crippen LogP contribution is -2.56. The fraction of sp³-hybridized carbons (Fsp3) is 0.560. The van der Waals surface area contributed by atoms with Crippen molar-refractivity contribution in [1.82, 2.24) is 21.3 Å². The summed E-state index contributed by atoms with van der Waals surface area (Å²) in [6.07, 6.45) is 1.64. The molecular formula is C25H40N6O6. The summed E-state index contributed by atoms with van der Waals surface area (Å²) < 4.78 is 0. The average Bonchev–Trinajstić information content (AvgIpc) is 2.86. The fourth-order valence-corrected chi connectivity index (χ4v) is 3.33. The van der Waals surface area contributed by atoms with Gasteiger partial charge in [-0.15, -0.1) is 0 Å². The molecule has 1 aromatic rings. The van der Waals surface area contributed by atoms with Crippen LogP contribution in [0.15, 0.2) is 30.3 Å². The smallest absolute Gasteiger partial charge is 0.326 e. The number of carboxylic acids is 1. The van der Waals surface area contributed by atoms with Gasteiger partial charge in [0.05, 0.1) is 12.6 Å². The minimum absolute atomic E-state index is 0.0834. The van der Waals surface area contributed by atoms with Crippen LogP contribution in [0.1, 0.15) is 45.6 Å². The quantitative estimate of drug-likeness (QED) is 0.134. The highest BCUT2D eigenvalue weighted by molar-refractivity contribution is 5.94. The van der Waals surface area contributed by atoms with Gasteiger partial charge in [0.1, 0.15) is 18.1 Å². The molecule has 4 atom stereocenters. The van der Waals surface area contributed by atoms with E-state index >= 15 is 0 Å². The highest BCUT2D eigenvalue weighted by Crippen LogP contribution is 2.05. The SMILES string of the molecule is CC(C)[C@H](N)C(=O)N[C@@H](CCCCN)C(=O)N[C@@H](C)C(=O)NCC(=O)N[C@@H](Cc1ccccc1)C(=O)O. The van der Waals surface area contributed by atoms with Crippen molar-refractivity contribution in [3.63, 3.8) is 0 Å². The Labute approximate surface area is 217 Å². The Morgan fingerprint density at radius 2 is 1.51 bits per heavy atom. The fourth-order valence-electron chi connectivity index (χ4n) is 3.33. The number of carbonyl (C=O) groups excluding carboxylic acids is 4. The first-order valence-electron chi connectivity index (χ1n) is 12.4. The number of carbonyl (C=O) groups is 5. The molecule has 1 aromatic carbocycles. The van der Waals surface area contributed by atoms with Crippen LogP contribution in [-0.2, 0) is 30.4 Å². The van der Waals surface area contributed by atoms with Crippen LogP contribution >= 0.6 is 0 Å². The minimum Gasteiger partial charge on any atom is -0.480 e.